The third kappa shape index (κ3) is 6.75. The van der Waals surface area contributed by atoms with Crippen molar-refractivity contribution in [2.75, 3.05) is 26.9 Å². The number of rotatable bonds is 10. The summed E-state index contributed by atoms with van der Waals surface area (Å²) in [4.78, 5) is 25.9. The van der Waals surface area contributed by atoms with E-state index in [9.17, 15) is 9.59 Å². The van der Waals surface area contributed by atoms with Gasteiger partial charge in [-0.25, -0.2) is 0 Å². The molecule has 1 amide bonds. The van der Waals surface area contributed by atoms with Gasteiger partial charge in [-0.2, -0.15) is 0 Å². The minimum atomic E-state index is -0.377. The number of thiocarbonyl (C=S) groups is 1. The van der Waals surface area contributed by atoms with Gasteiger partial charge in [-0.05, 0) is 43.0 Å². The molecule has 1 aromatic carbocycles. The molecule has 0 spiro atoms. The molecule has 6 nitrogen and oxygen atoms in total. The summed E-state index contributed by atoms with van der Waals surface area (Å²) in [6, 6.07) is 5.60. The topological polar surface area (TPSA) is 65.1 Å². The highest BCUT2D eigenvalue weighted by Gasteiger charge is 2.32. The lowest BCUT2D eigenvalue weighted by Gasteiger charge is -2.14. The van der Waals surface area contributed by atoms with Crippen LogP contribution in [0.25, 0.3) is 6.08 Å². The fraction of sp³-hybridized carbons (Fsp3) is 0.476. The van der Waals surface area contributed by atoms with Crippen molar-refractivity contribution in [2.45, 2.75) is 33.6 Å². The van der Waals surface area contributed by atoms with Gasteiger partial charge in [0, 0.05) is 6.54 Å². The minimum absolute atomic E-state index is 0.104. The van der Waals surface area contributed by atoms with Crippen molar-refractivity contribution in [3.8, 4) is 11.5 Å². The zero-order chi connectivity index (χ0) is 21.4. The molecule has 0 saturated carbocycles. The van der Waals surface area contributed by atoms with Crippen LogP contribution in [0.2, 0.25) is 0 Å². The van der Waals surface area contributed by atoms with Crippen LogP contribution in [0.3, 0.4) is 0 Å². The van der Waals surface area contributed by atoms with E-state index in [0.29, 0.717) is 39.9 Å². The van der Waals surface area contributed by atoms with Crippen LogP contribution in [0.4, 0.5) is 0 Å². The SMILES string of the molecule is CCOc1cc(/C=C2/SC(=S)N(CCC(=O)OC)C2=O)ccc1OCCC(C)C. The number of carbonyl (C=O) groups excluding carboxylic acids is 2. The van der Waals surface area contributed by atoms with Gasteiger partial charge >= 0.3 is 5.97 Å². The number of benzene rings is 1. The fourth-order valence-corrected chi connectivity index (χ4v) is 3.86. The van der Waals surface area contributed by atoms with Crippen LogP contribution in [0, 0.1) is 5.92 Å². The second-order valence-electron chi connectivity index (χ2n) is 6.83. The molecule has 158 valence electrons. The van der Waals surface area contributed by atoms with Crippen LogP contribution in [-0.2, 0) is 14.3 Å². The smallest absolute Gasteiger partial charge is 0.307 e. The van der Waals surface area contributed by atoms with Gasteiger partial charge in [0.25, 0.3) is 5.91 Å². The highest BCUT2D eigenvalue weighted by Crippen LogP contribution is 2.35. The van der Waals surface area contributed by atoms with E-state index in [1.165, 1.54) is 23.8 Å². The van der Waals surface area contributed by atoms with Crippen LogP contribution >= 0.6 is 24.0 Å². The Balaban J connectivity index is 2.14. The van der Waals surface area contributed by atoms with Gasteiger partial charge in [-0.15, -0.1) is 0 Å². The maximum absolute atomic E-state index is 12.6. The predicted molar refractivity (Wildman–Crippen MR) is 119 cm³/mol. The number of hydrogen-bond acceptors (Lipinski definition) is 7. The Labute approximate surface area is 181 Å². The zero-order valence-electron chi connectivity index (χ0n) is 17.2. The first-order valence-corrected chi connectivity index (χ1v) is 10.8. The fourth-order valence-electron chi connectivity index (χ4n) is 2.56. The number of thioether (sulfide) groups is 1. The third-order valence-corrected chi connectivity index (χ3v) is 5.54. The summed E-state index contributed by atoms with van der Waals surface area (Å²) in [5, 5.41) is 0. The molecular weight excluding hydrogens is 410 g/mol. The summed E-state index contributed by atoms with van der Waals surface area (Å²) in [6.45, 7) is 7.56. The molecule has 1 aromatic rings. The normalized spacial score (nSPS) is 15.3. The number of hydrogen-bond donors (Lipinski definition) is 0. The van der Waals surface area contributed by atoms with E-state index < -0.39 is 0 Å². The minimum Gasteiger partial charge on any atom is -0.490 e. The first-order chi connectivity index (χ1) is 13.8. The number of amides is 1. The Morgan fingerprint density at radius 1 is 1.28 bits per heavy atom. The molecule has 0 unspecified atom stereocenters. The molecule has 2 rings (SSSR count). The average Bonchev–Trinajstić information content (AvgIpc) is 2.94. The van der Waals surface area contributed by atoms with E-state index in [2.05, 4.69) is 18.6 Å². The monoisotopic (exact) mass is 437 g/mol. The van der Waals surface area contributed by atoms with Gasteiger partial charge in [0.05, 0.1) is 31.6 Å². The van der Waals surface area contributed by atoms with Crippen molar-refractivity contribution >= 4 is 46.3 Å². The summed E-state index contributed by atoms with van der Waals surface area (Å²) >= 11 is 6.51. The van der Waals surface area contributed by atoms with Crippen LogP contribution in [0.15, 0.2) is 23.1 Å². The lowest BCUT2D eigenvalue weighted by Crippen LogP contribution is -2.30. The van der Waals surface area contributed by atoms with E-state index in [1.807, 2.05) is 25.1 Å². The van der Waals surface area contributed by atoms with E-state index in [-0.39, 0.29) is 24.8 Å². The van der Waals surface area contributed by atoms with Crippen LogP contribution in [0.5, 0.6) is 11.5 Å². The molecule has 8 heteroatoms. The molecule has 29 heavy (non-hydrogen) atoms. The summed E-state index contributed by atoms with van der Waals surface area (Å²) in [5.41, 5.74) is 0.818. The maximum atomic E-state index is 12.6. The van der Waals surface area contributed by atoms with Crippen molar-refractivity contribution in [3.63, 3.8) is 0 Å². The van der Waals surface area contributed by atoms with Crippen molar-refractivity contribution in [1.82, 2.24) is 4.90 Å². The molecule has 1 heterocycles. The number of esters is 1. The molecule has 1 aliphatic rings. The molecule has 0 aromatic heterocycles. The molecular formula is C21H27NO5S2. The lowest BCUT2D eigenvalue weighted by atomic mass is 10.1. The number of nitrogens with zero attached hydrogens (tertiary/aromatic N) is 1. The second kappa shape index (κ2) is 11.2. The highest BCUT2D eigenvalue weighted by atomic mass is 32.2. The van der Waals surface area contributed by atoms with Crippen molar-refractivity contribution in [1.29, 1.82) is 0 Å². The van der Waals surface area contributed by atoms with E-state index in [1.54, 1.807) is 6.08 Å². The predicted octanol–water partition coefficient (Wildman–Crippen LogP) is 4.27. The summed E-state index contributed by atoms with van der Waals surface area (Å²) in [5.74, 6) is 1.31. The molecule has 1 aliphatic heterocycles. The van der Waals surface area contributed by atoms with Crippen molar-refractivity contribution in [3.05, 3.63) is 28.7 Å². The molecule has 0 aliphatic carbocycles. The lowest BCUT2D eigenvalue weighted by molar-refractivity contribution is -0.140. The van der Waals surface area contributed by atoms with Crippen molar-refractivity contribution < 1.29 is 23.8 Å². The van der Waals surface area contributed by atoms with Gasteiger partial charge in [-0.3, -0.25) is 14.5 Å². The highest BCUT2D eigenvalue weighted by molar-refractivity contribution is 8.26. The Kier molecular flexibility index (Phi) is 8.98. The summed E-state index contributed by atoms with van der Waals surface area (Å²) in [7, 11) is 1.32. The van der Waals surface area contributed by atoms with Gasteiger partial charge < -0.3 is 14.2 Å². The van der Waals surface area contributed by atoms with E-state index >= 15 is 0 Å². The van der Waals surface area contributed by atoms with E-state index in [0.717, 1.165) is 12.0 Å². The zero-order valence-corrected chi connectivity index (χ0v) is 18.9. The molecule has 0 radical (unpaired) electrons. The Bertz CT molecular complexity index is 791. The molecule has 1 fully saturated rings. The van der Waals surface area contributed by atoms with Gasteiger partial charge in [0.1, 0.15) is 4.32 Å². The van der Waals surface area contributed by atoms with Gasteiger partial charge in [0.15, 0.2) is 11.5 Å². The number of methoxy groups -OCH3 is 1. The molecule has 0 atom stereocenters. The number of ether oxygens (including phenoxy) is 3. The van der Waals surface area contributed by atoms with Gasteiger partial charge in [-0.1, -0.05) is 43.9 Å². The Morgan fingerprint density at radius 2 is 2.03 bits per heavy atom. The van der Waals surface area contributed by atoms with Crippen LogP contribution < -0.4 is 9.47 Å². The quantitative estimate of drug-likeness (QED) is 0.308. The first-order valence-electron chi connectivity index (χ1n) is 9.57. The molecule has 1 saturated heterocycles. The first kappa shape index (κ1) is 23.2. The van der Waals surface area contributed by atoms with Crippen LogP contribution in [0.1, 0.15) is 39.2 Å². The summed E-state index contributed by atoms with van der Waals surface area (Å²) in [6.07, 6.45) is 2.84. The maximum Gasteiger partial charge on any atom is 0.307 e. The Hall–Kier alpha value is -2.06. The largest absolute Gasteiger partial charge is 0.490 e. The third-order valence-electron chi connectivity index (χ3n) is 4.16. The summed E-state index contributed by atoms with van der Waals surface area (Å²) < 4.78 is 16.6. The molecule has 0 N–H and O–H groups in total. The van der Waals surface area contributed by atoms with Gasteiger partial charge in [0.2, 0.25) is 0 Å². The molecule has 0 bridgehead atoms. The second-order valence-corrected chi connectivity index (χ2v) is 8.51. The average molecular weight is 438 g/mol. The number of carbonyl (C=O) groups is 2. The van der Waals surface area contributed by atoms with Crippen molar-refractivity contribution in [2.24, 2.45) is 5.92 Å². The Morgan fingerprint density at radius 3 is 2.69 bits per heavy atom. The standard InChI is InChI=1S/C21H27NO5S2/c1-5-26-17-12-15(6-7-16(17)27-11-9-14(2)3)13-18-20(24)22(21(28)29-18)10-8-19(23)25-4/h6-7,12-14H,5,8-11H2,1-4H3/b18-13+. The van der Waals surface area contributed by atoms with Crippen LogP contribution in [-0.4, -0.2) is 48.0 Å². The van der Waals surface area contributed by atoms with E-state index in [4.69, 9.17) is 21.7 Å².